The zero-order valence-electron chi connectivity index (χ0n) is 13.3. The molecule has 1 atom stereocenters. The molecule has 1 aliphatic rings. The van der Waals surface area contributed by atoms with Gasteiger partial charge in [0.1, 0.15) is 5.25 Å². The van der Waals surface area contributed by atoms with Gasteiger partial charge in [-0.05, 0) is 44.2 Å². The molecular formula is C15H22N2O4S2. The second-order valence-electron chi connectivity index (χ2n) is 5.89. The number of hydrogen-bond acceptors (Lipinski definition) is 5. The van der Waals surface area contributed by atoms with Crippen molar-refractivity contribution in [1.29, 1.82) is 0 Å². The van der Waals surface area contributed by atoms with Gasteiger partial charge in [0.05, 0.1) is 4.88 Å². The summed E-state index contributed by atoms with van der Waals surface area (Å²) in [6.07, 6.45) is 7.67. The third-order valence-electron chi connectivity index (χ3n) is 4.03. The molecule has 1 aromatic rings. The Balaban J connectivity index is 1.98. The van der Waals surface area contributed by atoms with E-state index in [0.29, 0.717) is 4.88 Å². The lowest BCUT2D eigenvalue weighted by Crippen LogP contribution is -2.47. The molecule has 0 bridgehead atoms. The highest BCUT2D eigenvalue weighted by Gasteiger charge is 2.24. The van der Waals surface area contributed by atoms with E-state index in [1.54, 1.807) is 0 Å². The number of thiophene rings is 1. The van der Waals surface area contributed by atoms with Crippen LogP contribution in [0.5, 0.6) is 0 Å². The zero-order chi connectivity index (χ0) is 17.0. The number of hydrogen-bond donors (Lipinski definition) is 2. The molecule has 2 amide bonds. The van der Waals surface area contributed by atoms with Crippen LogP contribution in [0.4, 0.5) is 0 Å². The number of fused-ring (bicyclic) bond motifs is 1. The van der Waals surface area contributed by atoms with E-state index >= 15 is 0 Å². The van der Waals surface area contributed by atoms with Gasteiger partial charge in [0.15, 0.2) is 9.84 Å². The monoisotopic (exact) mass is 358 g/mol. The molecule has 1 aromatic heterocycles. The quantitative estimate of drug-likeness (QED) is 0.803. The van der Waals surface area contributed by atoms with Crippen LogP contribution in [0.15, 0.2) is 6.07 Å². The Hall–Kier alpha value is -1.41. The molecule has 6 nitrogen and oxygen atoms in total. The van der Waals surface area contributed by atoms with Crippen molar-refractivity contribution in [2.75, 3.05) is 6.26 Å². The highest BCUT2D eigenvalue weighted by atomic mass is 32.2. The van der Waals surface area contributed by atoms with E-state index in [4.69, 9.17) is 0 Å². The standard InChI is InChI=1S/C15H22N2O4S2/c1-10(23(2,20)21)14(18)16-17-15(19)13-9-11-7-5-3-4-6-8-12(11)22-13/h9-10H,3-8H2,1-2H3,(H,16,18)(H,17,19). The molecule has 0 fully saturated rings. The SMILES string of the molecule is CC(C(=O)NNC(=O)c1cc2c(s1)CCCCCC2)S(C)(=O)=O. The van der Waals surface area contributed by atoms with E-state index in [2.05, 4.69) is 10.9 Å². The first-order valence-electron chi connectivity index (χ1n) is 7.69. The number of sulfone groups is 1. The fourth-order valence-corrected chi connectivity index (χ4v) is 4.03. The molecule has 1 unspecified atom stereocenters. The summed E-state index contributed by atoms with van der Waals surface area (Å²) < 4.78 is 22.6. The van der Waals surface area contributed by atoms with Crippen LogP contribution in [-0.2, 0) is 27.5 Å². The molecule has 1 heterocycles. The van der Waals surface area contributed by atoms with Crippen LogP contribution in [0.2, 0.25) is 0 Å². The van der Waals surface area contributed by atoms with Gasteiger partial charge in [-0.25, -0.2) is 8.42 Å². The van der Waals surface area contributed by atoms with Crippen LogP contribution >= 0.6 is 11.3 Å². The van der Waals surface area contributed by atoms with E-state index in [-0.39, 0.29) is 0 Å². The lowest BCUT2D eigenvalue weighted by molar-refractivity contribution is -0.121. The van der Waals surface area contributed by atoms with Crippen molar-refractivity contribution >= 4 is 33.0 Å². The second kappa shape index (κ2) is 7.44. The minimum Gasteiger partial charge on any atom is -0.272 e. The molecule has 1 aliphatic carbocycles. The van der Waals surface area contributed by atoms with Crippen molar-refractivity contribution in [3.8, 4) is 0 Å². The average molecular weight is 358 g/mol. The maximum Gasteiger partial charge on any atom is 0.279 e. The topological polar surface area (TPSA) is 92.3 Å². The van der Waals surface area contributed by atoms with Crippen molar-refractivity contribution in [3.63, 3.8) is 0 Å². The summed E-state index contributed by atoms with van der Waals surface area (Å²) in [5.74, 6) is -1.15. The van der Waals surface area contributed by atoms with Crippen LogP contribution in [0.1, 0.15) is 52.7 Å². The van der Waals surface area contributed by atoms with Crippen molar-refractivity contribution < 1.29 is 18.0 Å². The minimum atomic E-state index is -3.49. The van der Waals surface area contributed by atoms with E-state index in [1.807, 2.05) is 6.07 Å². The Morgan fingerprint density at radius 2 is 1.78 bits per heavy atom. The third-order valence-corrected chi connectivity index (χ3v) is 6.77. The molecule has 2 N–H and O–H groups in total. The van der Waals surface area contributed by atoms with Gasteiger partial charge in [-0.3, -0.25) is 20.4 Å². The van der Waals surface area contributed by atoms with Gasteiger partial charge in [-0.1, -0.05) is 12.8 Å². The number of amides is 2. The summed E-state index contributed by atoms with van der Waals surface area (Å²) >= 11 is 1.45. The Labute approximate surface area is 140 Å². The zero-order valence-corrected chi connectivity index (χ0v) is 15.0. The fourth-order valence-electron chi connectivity index (χ4n) is 2.43. The maximum absolute atomic E-state index is 12.1. The van der Waals surface area contributed by atoms with Gasteiger partial charge in [0.2, 0.25) is 0 Å². The summed E-state index contributed by atoms with van der Waals surface area (Å²) in [5.41, 5.74) is 5.70. The van der Waals surface area contributed by atoms with Crippen LogP contribution in [-0.4, -0.2) is 31.7 Å². The Bertz CT molecular complexity index is 669. The van der Waals surface area contributed by atoms with Crippen molar-refractivity contribution in [1.82, 2.24) is 10.9 Å². The van der Waals surface area contributed by atoms with E-state index in [9.17, 15) is 18.0 Å². The molecule has 2 rings (SSSR count). The highest BCUT2D eigenvalue weighted by Crippen LogP contribution is 2.28. The average Bonchev–Trinajstić information content (AvgIpc) is 2.85. The first-order chi connectivity index (χ1) is 10.8. The predicted molar refractivity (Wildman–Crippen MR) is 90.1 cm³/mol. The Morgan fingerprint density at radius 1 is 1.13 bits per heavy atom. The van der Waals surface area contributed by atoms with Gasteiger partial charge in [-0.15, -0.1) is 11.3 Å². The van der Waals surface area contributed by atoms with E-state index in [1.165, 1.54) is 41.5 Å². The van der Waals surface area contributed by atoms with Crippen molar-refractivity contribution in [2.45, 2.75) is 50.7 Å². The number of aryl methyl sites for hydroxylation is 2. The Kier molecular flexibility index (Phi) is 5.80. The molecule has 0 aromatic carbocycles. The summed E-state index contributed by atoms with van der Waals surface area (Å²) in [6.45, 7) is 1.29. The Morgan fingerprint density at radius 3 is 2.43 bits per heavy atom. The molecule has 23 heavy (non-hydrogen) atoms. The van der Waals surface area contributed by atoms with E-state index < -0.39 is 26.9 Å². The van der Waals surface area contributed by atoms with E-state index in [0.717, 1.165) is 31.9 Å². The third kappa shape index (κ3) is 4.78. The lowest BCUT2D eigenvalue weighted by atomic mass is 10.00. The molecule has 0 saturated carbocycles. The van der Waals surface area contributed by atoms with Crippen LogP contribution in [0.25, 0.3) is 0 Å². The largest absolute Gasteiger partial charge is 0.279 e. The first kappa shape index (κ1) is 17.9. The van der Waals surface area contributed by atoms with Gasteiger partial charge in [-0.2, -0.15) is 0 Å². The van der Waals surface area contributed by atoms with Gasteiger partial charge in [0.25, 0.3) is 11.8 Å². The molecule has 128 valence electrons. The van der Waals surface area contributed by atoms with Crippen LogP contribution in [0, 0.1) is 0 Å². The first-order valence-corrected chi connectivity index (χ1v) is 10.5. The number of carbonyl (C=O) groups is 2. The molecule has 0 aliphatic heterocycles. The summed E-state index contributed by atoms with van der Waals surface area (Å²) in [7, 11) is -3.49. The predicted octanol–water partition coefficient (Wildman–Crippen LogP) is 1.60. The number of carbonyl (C=O) groups excluding carboxylic acids is 2. The van der Waals surface area contributed by atoms with Gasteiger partial charge < -0.3 is 0 Å². The van der Waals surface area contributed by atoms with Crippen LogP contribution < -0.4 is 10.9 Å². The summed E-state index contributed by atoms with van der Waals surface area (Å²) in [4.78, 5) is 25.6. The number of rotatable bonds is 3. The normalized spacial score (nSPS) is 16.6. The van der Waals surface area contributed by atoms with Gasteiger partial charge >= 0.3 is 0 Å². The maximum atomic E-state index is 12.1. The second-order valence-corrected chi connectivity index (χ2v) is 9.39. The molecule has 0 saturated heterocycles. The summed E-state index contributed by atoms with van der Waals surface area (Å²) in [6, 6.07) is 1.88. The molecular weight excluding hydrogens is 336 g/mol. The van der Waals surface area contributed by atoms with Crippen molar-refractivity contribution in [3.05, 3.63) is 21.4 Å². The molecule has 0 spiro atoms. The fraction of sp³-hybridized carbons (Fsp3) is 0.600. The highest BCUT2D eigenvalue weighted by molar-refractivity contribution is 7.92. The number of hydrazine groups is 1. The molecule has 0 radical (unpaired) electrons. The minimum absolute atomic E-state index is 0.407. The van der Waals surface area contributed by atoms with Gasteiger partial charge in [0, 0.05) is 11.1 Å². The number of nitrogens with one attached hydrogen (secondary N) is 2. The lowest BCUT2D eigenvalue weighted by Gasteiger charge is -2.10. The smallest absolute Gasteiger partial charge is 0.272 e. The van der Waals surface area contributed by atoms with Crippen molar-refractivity contribution in [2.24, 2.45) is 0 Å². The van der Waals surface area contributed by atoms with Crippen LogP contribution in [0.3, 0.4) is 0 Å². The summed E-state index contributed by atoms with van der Waals surface area (Å²) in [5, 5.41) is -1.20. The molecule has 8 heteroatoms.